The van der Waals surface area contributed by atoms with E-state index in [-0.39, 0.29) is 0 Å². The Morgan fingerprint density at radius 2 is 1.41 bits per heavy atom. The number of hydrogen-bond donors (Lipinski definition) is 1. The molecule has 0 amide bonds. The maximum Gasteiger partial charge on any atom is 0.110 e. The first-order valence-corrected chi connectivity index (χ1v) is 9.36. The monoisotopic (exact) mass is 296 g/mol. The third-order valence-electron chi connectivity index (χ3n) is 6.04. The summed E-state index contributed by atoms with van der Waals surface area (Å²) in [5.74, 6) is 3.68. The quantitative estimate of drug-likeness (QED) is 0.761. The standard InChI is InChI=1S/C20H28N2/c1-3-9-15(10-4-1)19(16-11-5-2-6-12-16)20-21-17-13-7-8-14-18(17)22-20/h7-8,13-16,19H,1-6,9-12H2,(H,21,22). The van der Waals surface area contributed by atoms with Crippen LogP contribution >= 0.6 is 0 Å². The highest BCUT2D eigenvalue weighted by Gasteiger charge is 2.34. The molecular formula is C20H28N2. The first kappa shape index (κ1) is 14.3. The molecule has 4 rings (SSSR count). The van der Waals surface area contributed by atoms with Crippen molar-refractivity contribution in [3.8, 4) is 0 Å². The fourth-order valence-electron chi connectivity index (χ4n) is 4.95. The number of nitrogens with zero attached hydrogens (tertiary/aromatic N) is 1. The van der Waals surface area contributed by atoms with Crippen molar-refractivity contribution in [2.45, 2.75) is 70.1 Å². The fourth-order valence-corrected chi connectivity index (χ4v) is 4.95. The molecule has 0 spiro atoms. The minimum atomic E-state index is 0.674. The summed E-state index contributed by atoms with van der Waals surface area (Å²) >= 11 is 0. The molecule has 1 N–H and O–H groups in total. The summed E-state index contributed by atoms with van der Waals surface area (Å²) in [6, 6.07) is 8.53. The zero-order chi connectivity index (χ0) is 14.8. The third-order valence-corrected chi connectivity index (χ3v) is 6.04. The molecule has 2 fully saturated rings. The van der Waals surface area contributed by atoms with Gasteiger partial charge in [0.2, 0.25) is 0 Å². The number of nitrogens with one attached hydrogen (secondary N) is 1. The van der Waals surface area contributed by atoms with Crippen molar-refractivity contribution >= 4 is 11.0 Å². The van der Waals surface area contributed by atoms with Crippen LogP contribution in [0.3, 0.4) is 0 Å². The van der Waals surface area contributed by atoms with Crippen LogP contribution in [0.25, 0.3) is 11.0 Å². The second kappa shape index (κ2) is 6.44. The van der Waals surface area contributed by atoms with Crippen molar-refractivity contribution in [2.24, 2.45) is 11.8 Å². The molecule has 2 aliphatic carbocycles. The van der Waals surface area contributed by atoms with Crippen LogP contribution in [-0.4, -0.2) is 9.97 Å². The van der Waals surface area contributed by atoms with Gasteiger partial charge in [-0.1, -0.05) is 50.7 Å². The lowest BCUT2D eigenvalue weighted by Gasteiger charge is -2.36. The van der Waals surface area contributed by atoms with E-state index in [9.17, 15) is 0 Å². The maximum absolute atomic E-state index is 5.01. The van der Waals surface area contributed by atoms with E-state index < -0.39 is 0 Å². The Balaban J connectivity index is 1.68. The Hall–Kier alpha value is -1.31. The average molecular weight is 296 g/mol. The van der Waals surface area contributed by atoms with Gasteiger partial charge in [0.1, 0.15) is 5.82 Å². The predicted octanol–water partition coefficient (Wildman–Crippen LogP) is 5.81. The lowest BCUT2D eigenvalue weighted by molar-refractivity contribution is 0.196. The van der Waals surface area contributed by atoms with Crippen molar-refractivity contribution in [1.82, 2.24) is 9.97 Å². The van der Waals surface area contributed by atoms with E-state index in [1.165, 1.54) is 75.5 Å². The number of aromatic nitrogens is 2. The zero-order valence-corrected chi connectivity index (χ0v) is 13.6. The summed E-state index contributed by atoms with van der Waals surface area (Å²) in [6.45, 7) is 0. The van der Waals surface area contributed by atoms with Crippen molar-refractivity contribution in [1.29, 1.82) is 0 Å². The first-order chi connectivity index (χ1) is 10.9. The number of aromatic amines is 1. The van der Waals surface area contributed by atoms with E-state index in [2.05, 4.69) is 29.2 Å². The summed E-state index contributed by atoms with van der Waals surface area (Å²) in [4.78, 5) is 8.69. The van der Waals surface area contributed by atoms with Crippen molar-refractivity contribution in [3.63, 3.8) is 0 Å². The molecule has 0 bridgehead atoms. The van der Waals surface area contributed by atoms with Gasteiger partial charge in [-0.15, -0.1) is 0 Å². The number of para-hydroxylation sites is 2. The van der Waals surface area contributed by atoms with Crippen molar-refractivity contribution in [3.05, 3.63) is 30.1 Å². The maximum atomic E-state index is 5.01. The Morgan fingerprint density at radius 1 is 0.818 bits per heavy atom. The van der Waals surface area contributed by atoms with Gasteiger partial charge in [-0.05, 0) is 49.7 Å². The van der Waals surface area contributed by atoms with Crippen molar-refractivity contribution < 1.29 is 0 Å². The number of rotatable bonds is 3. The summed E-state index contributed by atoms with van der Waals surface area (Å²) in [6.07, 6.45) is 14.2. The molecule has 1 aromatic carbocycles. The lowest BCUT2D eigenvalue weighted by Crippen LogP contribution is -2.26. The first-order valence-electron chi connectivity index (χ1n) is 9.36. The molecule has 0 radical (unpaired) electrons. The molecule has 0 unspecified atom stereocenters. The lowest BCUT2D eigenvalue weighted by atomic mass is 9.69. The average Bonchev–Trinajstić information content (AvgIpc) is 3.00. The van der Waals surface area contributed by atoms with E-state index >= 15 is 0 Å². The van der Waals surface area contributed by atoms with Crippen LogP contribution in [-0.2, 0) is 0 Å². The molecule has 0 saturated heterocycles. The minimum Gasteiger partial charge on any atom is -0.342 e. The van der Waals surface area contributed by atoms with E-state index in [1.54, 1.807) is 0 Å². The number of H-pyrrole nitrogens is 1. The molecule has 2 heteroatoms. The van der Waals surface area contributed by atoms with Gasteiger partial charge in [0.25, 0.3) is 0 Å². The van der Waals surface area contributed by atoms with Crippen molar-refractivity contribution in [2.75, 3.05) is 0 Å². The molecule has 2 nitrogen and oxygen atoms in total. The molecule has 2 aromatic rings. The van der Waals surface area contributed by atoms with Crippen LogP contribution in [0.4, 0.5) is 0 Å². The normalized spacial score (nSPS) is 21.7. The topological polar surface area (TPSA) is 28.7 Å². The van der Waals surface area contributed by atoms with Gasteiger partial charge in [-0.3, -0.25) is 0 Å². The highest BCUT2D eigenvalue weighted by molar-refractivity contribution is 5.74. The smallest absolute Gasteiger partial charge is 0.110 e. The molecule has 2 saturated carbocycles. The van der Waals surface area contributed by atoms with Crippen LogP contribution in [0.15, 0.2) is 24.3 Å². The number of benzene rings is 1. The molecule has 1 aromatic heterocycles. The number of fused-ring (bicyclic) bond motifs is 1. The van der Waals surface area contributed by atoms with Gasteiger partial charge < -0.3 is 4.98 Å². The van der Waals surface area contributed by atoms with Gasteiger partial charge in [0.15, 0.2) is 0 Å². The number of imidazole rings is 1. The minimum absolute atomic E-state index is 0.674. The molecule has 22 heavy (non-hydrogen) atoms. The second-order valence-corrected chi connectivity index (χ2v) is 7.46. The van der Waals surface area contributed by atoms with E-state index in [1.807, 2.05) is 0 Å². The van der Waals surface area contributed by atoms with Crippen LogP contribution in [0.5, 0.6) is 0 Å². The van der Waals surface area contributed by atoms with Crippen LogP contribution in [0.2, 0.25) is 0 Å². The van der Waals surface area contributed by atoms with Crippen LogP contribution < -0.4 is 0 Å². The summed E-state index contributed by atoms with van der Waals surface area (Å²) in [5, 5.41) is 0. The predicted molar refractivity (Wildman–Crippen MR) is 92.0 cm³/mol. The van der Waals surface area contributed by atoms with Gasteiger partial charge in [0.05, 0.1) is 11.0 Å². The third kappa shape index (κ3) is 2.80. The Labute approximate surface area is 133 Å². The summed E-state index contributed by atoms with van der Waals surface area (Å²) in [7, 11) is 0. The van der Waals surface area contributed by atoms with Gasteiger partial charge in [-0.2, -0.15) is 0 Å². The summed E-state index contributed by atoms with van der Waals surface area (Å²) in [5.41, 5.74) is 2.36. The highest BCUT2D eigenvalue weighted by Crippen LogP contribution is 2.45. The molecule has 0 atom stereocenters. The largest absolute Gasteiger partial charge is 0.342 e. The highest BCUT2D eigenvalue weighted by atomic mass is 14.9. The van der Waals surface area contributed by atoms with E-state index in [0.29, 0.717) is 5.92 Å². The second-order valence-electron chi connectivity index (χ2n) is 7.46. The SMILES string of the molecule is c1ccc2[nH]c(C(C3CCCCC3)C3CCCCC3)nc2c1. The van der Waals surface area contributed by atoms with Crippen LogP contribution in [0.1, 0.15) is 76.0 Å². The molecule has 0 aliphatic heterocycles. The van der Waals surface area contributed by atoms with E-state index in [0.717, 1.165) is 17.4 Å². The zero-order valence-electron chi connectivity index (χ0n) is 13.6. The van der Waals surface area contributed by atoms with Gasteiger partial charge in [0, 0.05) is 5.92 Å². The number of hydrogen-bond acceptors (Lipinski definition) is 1. The van der Waals surface area contributed by atoms with E-state index in [4.69, 9.17) is 4.98 Å². The Morgan fingerprint density at radius 3 is 2.00 bits per heavy atom. The molecule has 2 aliphatic rings. The van der Waals surface area contributed by atoms with Crippen LogP contribution in [0, 0.1) is 11.8 Å². The Bertz CT molecular complexity index is 552. The Kier molecular flexibility index (Phi) is 4.18. The molecular weight excluding hydrogens is 268 g/mol. The van der Waals surface area contributed by atoms with Gasteiger partial charge >= 0.3 is 0 Å². The molecule has 118 valence electrons. The van der Waals surface area contributed by atoms with Gasteiger partial charge in [-0.25, -0.2) is 4.98 Å². The summed E-state index contributed by atoms with van der Waals surface area (Å²) < 4.78 is 0. The molecule has 1 heterocycles. The fraction of sp³-hybridized carbons (Fsp3) is 0.650.